The van der Waals surface area contributed by atoms with Crippen molar-refractivity contribution in [3.05, 3.63) is 35.1 Å². The maximum atomic E-state index is 13.3. The summed E-state index contributed by atoms with van der Waals surface area (Å²) in [6, 6.07) is 5.89. The second-order valence-electron chi connectivity index (χ2n) is 6.18. The van der Waals surface area contributed by atoms with E-state index in [-0.39, 0.29) is 5.82 Å². The van der Waals surface area contributed by atoms with E-state index in [0.29, 0.717) is 6.04 Å². The molecule has 0 spiro atoms. The van der Waals surface area contributed by atoms with Crippen molar-refractivity contribution in [2.45, 2.75) is 38.6 Å². The zero-order valence-electron chi connectivity index (χ0n) is 12.4. The van der Waals surface area contributed by atoms with Crippen molar-refractivity contribution >= 4 is 0 Å². The number of aryl methyl sites for hydroxylation is 1. The topological polar surface area (TPSA) is 15.3 Å². The first kappa shape index (κ1) is 14.0. The lowest BCUT2D eigenvalue weighted by Crippen LogP contribution is -2.38. The Morgan fingerprint density at radius 1 is 1.25 bits per heavy atom. The van der Waals surface area contributed by atoms with Gasteiger partial charge in [0.05, 0.1) is 0 Å². The third-order valence-electron chi connectivity index (χ3n) is 4.92. The number of rotatable bonds is 4. The van der Waals surface area contributed by atoms with Gasteiger partial charge in [0, 0.05) is 6.04 Å². The fourth-order valence-electron chi connectivity index (χ4n) is 3.76. The fourth-order valence-corrected chi connectivity index (χ4v) is 3.76. The first-order valence-corrected chi connectivity index (χ1v) is 8.01. The van der Waals surface area contributed by atoms with E-state index >= 15 is 0 Å². The molecule has 1 N–H and O–H groups in total. The second kappa shape index (κ2) is 6.23. The predicted molar refractivity (Wildman–Crippen MR) is 80.3 cm³/mol. The van der Waals surface area contributed by atoms with Crippen molar-refractivity contribution in [1.29, 1.82) is 0 Å². The summed E-state index contributed by atoms with van der Waals surface area (Å²) in [6.45, 7) is 6.79. The molecule has 3 rings (SSSR count). The number of halogens is 1. The predicted octanol–water partition coefficient (Wildman–Crippen LogP) is 3.13. The van der Waals surface area contributed by atoms with E-state index < -0.39 is 0 Å². The number of nitrogens with zero attached hydrogens (tertiary/aromatic N) is 1. The highest BCUT2D eigenvalue weighted by molar-refractivity contribution is 5.35. The Hall–Kier alpha value is -0.930. The molecule has 0 radical (unpaired) electrons. The lowest BCUT2D eigenvalue weighted by atomic mass is 9.94. The number of likely N-dealkylation sites (tertiary alicyclic amines) is 1. The zero-order valence-corrected chi connectivity index (χ0v) is 12.4. The van der Waals surface area contributed by atoms with Gasteiger partial charge in [-0.15, -0.1) is 0 Å². The average molecular weight is 276 g/mol. The standard InChI is InChI=1S/C17H25FN2/c1-2-19-12-13-7-9-20(10-8-13)17-6-3-14-11-15(18)4-5-16(14)17/h4-5,11,13,17,19H,2-3,6-10,12H2,1H3. The zero-order chi connectivity index (χ0) is 13.9. The van der Waals surface area contributed by atoms with Gasteiger partial charge in [0.25, 0.3) is 0 Å². The Morgan fingerprint density at radius 2 is 2.05 bits per heavy atom. The molecule has 20 heavy (non-hydrogen) atoms. The lowest BCUT2D eigenvalue weighted by Gasteiger charge is -2.36. The minimum atomic E-state index is -0.0891. The molecule has 1 unspecified atom stereocenters. The minimum Gasteiger partial charge on any atom is -0.317 e. The number of fused-ring (bicyclic) bond motifs is 1. The first-order valence-electron chi connectivity index (χ1n) is 8.01. The van der Waals surface area contributed by atoms with Gasteiger partial charge >= 0.3 is 0 Å². The number of piperidine rings is 1. The van der Waals surface area contributed by atoms with Gasteiger partial charge in [0.15, 0.2) is 0 Å². The Labute approximate surface area is 121 Å². The average Bonchev–Trinajstić information content (AvgIpc) is 2.88. The maximum Gasteiger partial charge on any atom is 0.123 e. The van der Waals surface area contributed by atoms with Crippen LogP contribution < -0.4 is 5.32 Å². The third-order valence-corrected chi connectivity index (χ3v) is 4.92. The van der Waals surface area contributed by atoms with Crippen molar-refractivity contribution in [2.75, 3.05) is 26.2 Å². The molecule has 2 nitrogen and oxygen atoms in total. The van der Waals surface area contributed by atoms with Gasteiger partial charge in [0.2, 0.25) is 0 Å². The van der Waals surface area contributed by atoms with Gasteiger partial charge in [-0.3, -0.25) is 4.90 Å². The van der Waals surface area contributed by atoms with Crippen molar-refractivity contribution in [1.82, 2.24) is 10.2 Å². The van der Waals surface area contributed by atoms with E-state index in [9.17, 15) is 4.39 Å². The van der Waals surface area contributed by atoms with E-state index in [1.54, 1.807) is 12.1 Å². The molecular formula is C17H25FN2. The Bertz CT molecular complexity index is 452. The van der Waals surface area contributed by atoms with Crippen LogP contribution in [0.1, 0.15) is 43.4 Å². The summed E-state index contributed by atoms with van der Waals surface area (Å²) in [7, 11) is 0. The van der Waals surface area contributed by atoms with Crippen LogP contribution in [0, 0.1) is 11.7 Å². The van der Waals surface area contributed by atoms with Crippen LogP contribution in [0.3, 0.4) is 0 Å². The fraction of sp³-hybridized carbons (Fsp3) is 0.647. The van der Waals surface area contributed by atoms with Crippen molar-refractivity contribution in [3.63, 3.8) is 0 Å². The van der Waals surface area contributed by atoms with Crippen LogP contribution >= 0.6 is 0 Å². The van der Waals surface area contributed by atoms with Crippen molar-refractivity contribution in [3.8, 4) is 0 Å². The van der Waals surface area contributed by atoms with Crippen molar-refractivity contribution < 1.29 is 4.39 Å². The van der Waals surface area contributed by atoms with E-state index in [2.05, 4.69) is 17.1 Å². The molecule has 0 aromatic heterocycles. The van der Waals surface area contributed by atoms with Crippen LogP contribution in [-0.4, -0.2) is 31.1 Å². The van der Waals surface area contributed by atoms with Gasteiger partial charge in [-0.25, -0.2) is 4.39 Å². The highest BCUT2D eigenvalue weighted by Gasteiger charge is 2.30. The molecule has 3 heteroatoms. The Kier molecular flexibility index (Phi) is 4.37. The highest BCUT2D eigenvalue weighted by Crippen LogP contribution is 2.37. The molecular weight excluding hydrogens is 251 g/mol. The molecule has 1 aliphatic heterocycles. The summed E-state index contributed by atoms with van der Waals surface area (Å²) < 4.78 is 13.3. The van der Waals surface area contributed by atoms with E-state index in [1.807, 2.05) is 6.07 Å². The van der Waals surface area contributed by atoms with Crippen LogP contribution in [0.5, 0.6) is 0 Å². The summed E-state index contributed by atoms with van der Waals surface area (Å²) in [5.41, 5.74) is 2.60. The van der Waals surface area contributed by atoms with Gasteiger partial charge in [-0.2, -0.15) is 0 Å². The second-order valence-corrected chi connectivity index (χ2v) is 6.18. The number of hydrogen-bond donors (Lipinski definition) is 1. The van der Waals surface area contributed by atoms with Crippen molar-refractivity contribution in [2.24, 2.45) is 5.92 Å². The van der Waals surface area contributed by atoms with Crippen LogP contribution in [-0.2, 0) is 6.42 Å². The van der Waals surface area contributed by atoms with Gasteiger partial charge in [-0.1, -0.05) is 13.0 Å². The third kappa shape index (κ3) is 2.89. The van der Waals surface area contributed by atoms with E-state index in [4.69, 9.17) is 0 Å². The van der Waals surface area contributed by atoms with Crippen LogP contribution in [0.4, 0.5) is 4.39 Å². The summed E-state index contributed by atoms with van der Waals surface area (Å²) in [5, 5.41) is 3.46. The van der Waals surface area contributed by atoms with Gasteiger partial charge in [0.1, 0.15) is 5.82 Å². The lowest BCUT2D eigenvalue weighted by molar-refractivity contribution is 0.131. The highest BCUT2D eigenvalue weighted by atomic mass is 19.1. The summed E-state index contributed by atoms with van der Waals surface area (Å²) >= 11 is 0. The molecule has 1 atom stereocenters. The molecule has 1 heterocycles. The van der Waals surface area contributed by atoms with Gasteiger partial charge < -0.3 is 5.32 Å². The molecule has 2 aliphatic rings. The molecule has 1 aliphatic carbocycles. The molecule has 110 valence electrons. The van der Waals surface area contributed by atoms with Crippen LogP contribution in [0.25, 0.3) is 0 Å². The number of benzene rings is 1. The number of hydrogen-bond acceptors (Lipinski definition) is 2. The van der Waals surface area contributed by atoms with Crippen LogP contribution in [0.15, 0.2) is 18.2 Å². The maximum absolute atomic E-state index is 13.3. The van der Waals surface area contributed by atoms with Crippen LogP contribution in [0.2, 0.25) is 0 Å². The van der Waals surface area contributed by atoms with Gasteiger partial charge in [-0.05, 0) is 81.0 Å². The molecule has 0 saturated carbocycles. The smallest absolute Gasteiger partial charge is 0.123 e. The number of nitrogens with one attached hydrogen (secondary N) is 1. The monoisotopic (exact) mass is 276 g/mol. The summed E-state index contributed by atoms with van der Waals surface area (Å²) in [6.07, 6.45) is 4.78. The summed E-state index contributed by atoms with van der Waals surface area (Å²) in [5.74, 6) is 0.744. The molecule has 1 saturated heterocycles. The molecule has 0 amide bonds. The Morgan fingerprint density at radius 3 is 2.80 bits per heavy atom. The molecule has 1 aromatic carbocycles. The minimum absolute atomic E-state index is 0.0891. The van der Waals surface area contributed by atoms with E-state index in [0.717, 1.165) is 31.8 Å². The Balaban J connectivity index is 1.60. The quantitative estimate of drug-likeness (QED) is 0.909. The molecule has 0 bridgehead atoms. The summed E-state index contributed by atoms with van der Waals surface area (Å²) in [4.78, 5) is 2.62. The van der Waals surface area contributed by atoms with E-state index in [1.165, 1.54) is 37.1 Å². The molecule has 1 fully saturated rings. The SMILES string of the molecule is CCNCC1CCN(C2CCc3cc(F)ccc32)CC1. The largest absolute Gasteiger partial charge is 0.317 e. The first-order chi connectivity index (χ1) is 9.78. The molecule has 1 aromatic rings. The normalized spacial score (nSPS) is 24.0.